The number of halogens is 3. The van der Waals surface area contributed by atoms with E-state index in [1.807, 2.05) is 0 Å². The molecule has 4 atom stereocenters. The SMILES string of the molecule is COC1=c2c(c(=O)[nH]c(=O)n2C2CC2)=C(C(F)F)C(F)C1N1CCC(C(N)CO)C1. The fourth-order valence-corrected chi connectivity index (χ4v) is 4.69. The zero-order valence-electron chi connectivity index (χ0n) is 16.5. The zero-order chi connectivity index (χ0) is 21.7. The van der Waals surface area contributed by atoms with E-state index in [1.54, 1.807) is 4.90 Å². The van der Waals surface area contributed by atoms with Crippen molar-refractivity contribution in [2.75, 3.05) is 26.8 Å². The molecule has 2 aliphatic carbocycles. The summed E-state index contributed by atoms with van der Waals surface area (Å²) >= 11 is 0. The van der Waals surface area contributed by atoms with Gasteiger partial charge >= 0.3 is 5.69 Å². The van der Waals surface area contributed by atoms with E-state index in [9.17, 15) is 23.5 Å². The van der Waals surface area contributed by atoms with Gasteiger partial charge in [0.2, 0.25) is 0 Å². The van der Waals surface area contributed by atoms with Gasteiger partial charge in [-0.05, 0) is 31.7 Å². The Hall–Kier alpha value is -2.11. The normalized spacial score (nSPS) is 28.2. The highest BCUT2D eigenvalue weighted by atomic mass is 19.3. The van der Waals surface area contributed by atoms with E-state index in [1.165, 1.54) is 11.7 Å². The smallest absolute Gasteiger partial charge is 0.329 e. The molecule has 0 radical (unpaired) electrons. The summed E-state index contributed by atoms with van der Waals surface area (Å²) in [6, 6.07) is -1.98. The molecule has 0 spiro atoms. The predicted molar refractivity (Wildman–Crippen MR) is 102 cm³/mol. The van der Waals surface area contributed by atoms with Gasteiger partial charge in [0.15, 0.2) is 6.17 Å². The molecule has 1 aromatic rings. The summed E-state index contributed by atoms with van der Waals surface area (Å²) in [5.41, 5.74) is 3.22. The molecule has 2 heterocycles. The van der Waals surface area contributed by atoms with Crippen molar-refractivity contribution in [3.05, 3.63) is 31.4 Å². The van der Waals surface area contributed by atoms with Crippen LogP contribution in [0.15, 0.2) is 9.59 Å². The Kier molecular flexibility index (Phi) is 5.54. The highest BCUT2D eigenvalue weighted by molar-refractivity contribution is 5.63. The molecule has 4 N–H and O–H groups in total. The summed E-state index contributed by atoms with van der Waals surface area (Å²) in [7, 11) is 1.28. The first kappa shape index (κ1) is 21.1. The minimum atomic E-state index is -3.22. The van der Waals surface area contributed by atoms with Crippen molar-refractivity contribution in [1.82, 2.24) is 14.5 Å². The van der Waals surface area contributed by atoms with Crippen LogP contribution in [0.4, 0.5) is 13.2 Å². The number of fused-ring (bicyclic) bond motifs is 1. The third-order valence-electron chi connectivity index (χ3n) is 6.34. The van der Waals surface area contributed by atoms with E-state index < -0.39 is 46.7 Å². The molecule has 4 unspecified atom stereocenters. The number of aromatic amines is 1. The van der Waals surface area contributed by atoms with E-state index in [4.69, 9.17) is 10.5 Å². The number of ether oxygens (including phenoxy) is 1. The van der Waals surface area contributed by atoms with E-state index in [0.717, 1.165) is 0 Å². The molecular formula is C19H25F3N4O4. The van der Waals surface area contributed by atoms with Crippen LogP contribution in [-0.2, 0) is 4.74 Å². The first-order valence-electron chi connectivity index (χ1n) is 9.99. The lowest BCUT2D eigenvalue weighted by molar-refractivity contribution is 0.132. The first-order chi connectivity index (χ1) is 14.3. The second-order valence-corrected chi connectivity index (χ2v) is 8.15. The van der Waals surface area contributed by atoms with Gasteiger partial charge < -0.3 is 15.6 Å². The third-order valence-corrected chi connectivity index (χ3v) is 6.34. The van der Waals surface area contributed by atoms with Crippen molar-refractivity contribution >= 4 is 11.3 Å². The van der Waals surface area contributed by atoms with Crippen molar-refractivity contribution in [1.29, 1.82) is 0 Å². The average Bonchev–Trinajstić information content (AvgIpc) is 3.42. The van der Waals surface area contributed by atoms with Crippen LogP contribution in [0, 0.1) is 5.92 Å². The molecule has 11 heteroatoms. The molecule has 0 aromatic carbocycles. The highest BCUT2D eigenvalue weighted by Crippen LogP contribution is 2.35. The molecule has 166 valence electrons. The topological polar surface area (TPSA) is 114 Å². The van der Waals surface area contributed by atoms with Crippen LogP contribution in [0.2, 0.25) is 0 Å². The van der Waals surface area contributed by atoms with Gasteiger partial charge in [0.25, 0.3) is 12.0 Å². The summed E-state index contributed by atoms with van der Waals surface area (Å²) in [5.74, 6) is -0.142. The minimum absolute atomic E-state index is 0.00443. The predicted octanol–water partition coefficient (Wildman–Crippen LogP) is -1.60. The summed E-state index contributed by atoms with van der Waals surface area (Å²) in [4.78, 5) is 28.7. The molecule has 0 amide bonds. The molecule has 2 fully saturated rings. The second-order valence-electron chi connectivity index (χ2n) is 8.15. The summed E-state index contributed by atoms with van der Waals surface area (Å²) in [6.07, 6.45) is -3.55. The van der Waals surface area contributed by atoms with Crippen LogP contribution in [-0.4, -0.2) is 71.0 Å². The maximum Gasteiger partial charge on any atom is 0.329 e. The molecule has 4 rings (SSSR count). The molecule has 1 aromatic heterocycles. The molecule has 3 aliphatic rings. The number of H-pyrrole nitrogens is 1. The van der Waals surface area contributed by atoms with Gasteiger partial charge in [0.05, 0.1) is 24.3 Å². The number of rotatable bonds is 6. The Morgan fingerprint density at radius 1 is 1.30 bits per heavy atom. The van der Waals surface area contributed by atoms with Gasteiger partial charge in [-0.1, -0.05) is 0 Å². The largest absolute Gasteiger partial charge is 0.497 e. The minimum Gasteiger partial charge on any atom is -0.497 e. The van der Waals surface area contributed by atoms with Gasteiger partial charge in [-0.2, -0.15) is 0 Å². The van der Waals surface area contributed by atoms with Crippen LogP contribution in [0.1, 0.15) is 25.3 Å². The fraction of sp³-hybridized carbons (Fsp3) is 0.684. The number of nitrogens with one attached hydrogen (secondary N) is 1. The van der Waals surface area contributed by atoms with E-state index in [-0.39, 0.29) is 36.2 Å². The Labute approximate surface area is 169 Å². The fourth-order valence-electron chi connectivity index (χ4n) is 4.69. The van der Waals surface area contributed by atoms with Gasteiger partial charge in [0, 0.05) is 24.2 Å². The van der Waals surface area contributed by atoms with Crippen LogP contribution in [0.25, 0.3) is 11.3 Å². The number of aromatic nitrogens is 2. The number of hydrogen-bond donors (Lipinski definition) is 3. The van der Waals surface area contributed by atoms with Crippen molar-refractivity contribution in [3.63, 3.8) is 0 Å². The lowest BCUT2D eigenvalue weighted by Crippen LogP contribution is -2.63. The van der Waals surface area contributed by atoms with Crippen LogP contribution < -0.4 is 27.6 Å². The molecule has 8 nitrogen and oxygen atoms in total. The number of methoxy groups -OCH3 is 1. The summed E-state index contributed by atoms with van der Waals surface area (Å²) in [5, 5.41) is 8.75. The molecule has 1 aliphatic heterocycles. The number of alkyl halides is 3. The Bertz CT molecular complexity index is 1070. The van der Waals surface area contributed by atoms with Crippen molar-refractivity contribution in [2.24, 2.45) is 11.7 Å². The van der Waals surface area contributed by atoms with Crippen molar-refractivity contribution in [2.45, 2.75) is 50.0 Å². The Morgan fingerprint density at radius 3 is 2.57 bits per heavy atom. The lowest BCUT2D eigenvalue weighted by atomic mass is 9.93. The van der Waals surface area contributed by atoms with Crippen molar-refractivity contribution < 1.29 is 23.0 Å². The summed E-state index contributed by atoms with van der Waals surface area (Å²) < 4.78 is 50.3. The first-order valence-corrected chi connectivity index (χ1v) is 9.99. The highest BCUT2D eigenvalue weighted by Gasteiger charge is 2.45. The van der Waals surface area contributed by atoms with Gasteiger partial charge in [-0.3, -0.25) is 19.2 Å². The molecule has 0 bridgehead atoms. The maximum absolute atomic E-state index is 15.6. The number of nitrogens with zero attached hydrogens (tertiary/aromatic N) is 2. The second kappa shape index (κ2) is 7.86. The lowest BCUT2D eigenvalue weighted by Gasteiger charge is -2.35. The van der Waals surface area contributed by atoms with Crippen LogP contribution in [0.3, 0.4) is 0 Å². The van der Waals surface area contributed by atoms with Crippen LogP contribution >= 0.6 is 0 Å². The standard InChI is InChI=1S/C19H25F3N4O4/c1-30-16-14-12(18(28)24-19(29)26(14)9-2-3-9)11(17(21)22)13(20)15(16)25-5-4-8(6-25)10(23)7-27/h8-10,13,15,17,27H,2-7,23H2,1H3,(H,24,28,29). The monoisotopic (exact) mass is 430 g/mol. The number of hydrogen-bond acceptors (Lipinski definition) is 6. The van der Waals surface area contributed by atoms with Crippen molar-refractivity contribution in [3.8, 4) is 0 Å². The molecule has 30 heavy (non-hydrogen) atoms. The van der Waals surface area contributed by atoms with E-state index in [0.29, 0.717) is 25.8 Å². The van der Waals surface area contributed by atoms with E-state index in [2.05, 4.69) is 4.98 Å². The Balaban J connectivity index is 1.98. The zero-order valence-corrected chi connectivity index (χ0v) is 16.5. The van der Waals surface area contributed by atoms with Gasteiger partial charge in [-0.25, -0.2) is 18.0 Å². The number of likely N-dealkylation sites (tertiary alicyclic amines) is 1. The van der Waals surface area contributed by atoms with Gasteiger partial charge in [-0.15, -0.1) is 0 Å². The average molecular weight is 430 g/mol. The van der Waals surface area contributed by atoms with Gasteiger partial charge in [0.1, 0.15) is 11.8 Å². The third kappa shape index (κ3) is 3.28. The molecule has 1 saturated carbocycles. The maximum atomic E-state index is 15.6. The number of aliphatic hydroxyl groups excluding tert-OH is 1. The molecular weight excluding hydrogens is 405 g/mol. The molecule has 1 saturated heterocycles. The van der Waals surface area contributed by atoms with Crippen LogP contribution in [0.5, 0.6) is 0 Å². The quantitative estimate of drug-likeness (QED) is 0.501. The summed E-state index contributed by atoms with van der Waals surface area (Å²) in [6.45, 7) is 0.401. The number of nitrogens with two attached hydrogens (primary N) is 1. The van der Waals surface area contributed by atoms with E-state index >= 15 is 4.39 Å². The number of aliphatic hydroxyl groups is 1. The Morgan fingerprint density at radius 2 is 2.00 bits per heavy atom.